The number of nitrogens with zero attached hydrogens (tertiary/aromatic N) is 3. The average Bonchev–Trinajstić information content (AvgIpc) is 3.69. The number of likely N-dealkylation sites (tertiary alicyclic amines) is 1. The molecule has 1 aliphatic carbocycles. The monoisotopic (exact) mass is 943 g/mol. The second-order valence-electron chi connectivity index (χ2n) is 16.4. The second kappa shape index (κ2) is 20.4. The summed E-state index contributed by atoms with van der Waals surface area (Å²) >= 11 is 7.62. The maximum absolute atomic E-state index is 14.2. The van der Waals surface area contributed by atoms with Gasteiger partial charge in [0.25, 0.3) is 25.8 Å². The first-order valence-electron chi connectivity index (χ1n) is 21.3. The molecule has 1 amide bonds. The predicted octanol–water partition coefficient (Wildman–Crippen LogP) is 9.35. The lowest BCUT2D eigenvalue weighted by atomic mass is 9.87. The molecule has 2 heterocycles. The molecule has 2 fully saturated rings. The highest BCUT2D eigenvalue weighted by atomic mass is 35.5. The molecular weight excluding hydrogens is 891 g/mol. The number of alkyl halides is 3. The molecule has 0 spiro atoms. The van der Waals surface area contributed by atoms with Crippen molar-refractivity contribution in [2.24, 2.45) is 0 Å². The smallest absolute Gasteiger partial charge is 0.380 e. The fourth-order valence-corrected chi connectivity index (χ4v) is 11.7. The molecular formula is C46H53ClF3N5O5S3. The van der Waals surface area contributed by atoms with Crippen molar-refractivity contribution in [3.8, 4) is 0 Å². The van der Waals surface area contributed by atoms with Gasteiger partial charge in [-0.05, 0) is 136 Å². The highest BCUT2D eigenvalue weighted by Gasteiger charge is 2.48. The van der Waals surface area contributed by atoms with Gasteiger partial charge >= 0.3 is 5.51 Å². The molecule has 3 aliphatic rings. The summed E-state index contributed by atoms with van der Waals surface area (Å²) in [4.78, 5) is 19.1. The molecule has 1 unspecified atom stereocenters. The van der Waals surface area contributed by atoms with Crippen LogP contribution in [0.2, 0.25) is 5.02 Å². The number of anilines is 2. The number of rotatable bonds is 16. The number of hydrogen-bond donors (Lipinski definition) is 2. The van der Waals surface area contributed by atoms with Gasteiger partial charge in [0.15, 0.2) is 0 Å². The third-order valence-corrected chi connectivity index (χ3v) is 16.4. The summed E-state index contributed by atoms with van der Waals surface area (Å²) in [5.41, 5.74) is -1.14. The van der Waals surface area contributed by atoms with E-state index in [0.717, 1.165) is 92.7 Å². The molecule has 0 saturated carbocycles. The summed E-state index contributed by atoms with van der Waals surface area (Å²) in [6, 6.07) is 26.3. The Morgan fingerprint density at radius 1 is 0.857 bits per heavy atom. The van der Waals surface area contributed by atoms with E-state index in [4.69, 9.17) is 11.6 Å². The molecule has 7 rings (SSSR count). The number of thioether (sulfide) groups is 1. The number of sulfone groups is 1. The fourth-order valence-electron chi connectivity index (χ4n) is 8.55. The van der Waals surface area contributed by atoms with Crippen LogP contribution in [-0.4, -0.2) is 102 Å². The van der Waals surface area contributed by atoms with Crippen molar-refractivity contribution in [1.29, 1.82) is 0 Å². The zero-order valence-electron chi connectivity index (χ0n) is 35.1. The third-order valence-electron chi connectivity index (χ3n) is 12.2. The van der Waals surface area contributed by atoms with Crippen molar-refractivity contribution in [3.63, 3.8) is 0 Å². The maximum Gasteiger partial charge on any atom is 0.501 e. The van der Waals surface area contributed by atoms with Gasteiger partial charge in [0.05, 0.1) is 10.6 Å². The van der Waals surface area contributed by atoms with E-state index in [-0.39, 0.29) is 11.3 Å². The second-order valence-corrected chi connectivity index (χ2v) is 21.6. The van der Waals surface area contributed by atoms with Gasteiger partial charge in [-0.3, -0.25) is 9.69 Å². The zero-order chi connectivity index (χ0) is 44.8. The van der Waals surface area contributed by atoms with Crippen molar-refractivity contribution < 1.29 is 34.8 Å². The van der Waals surface area contributed by atoms with E-state index in [2.05, 4.69) is 39.1 Å². The van der Waals surface area contributed by atoms with Gasteiger partial charge in [0.1, 0.15) is 4.90 Å². The Morgan fingerprint density at radius 2 is 1.56 bits per heavy atom. The van der Waals surface area contributed by atoms with Crippen LogP contribution in [0.4, 0.5) is 24.5 Å². The van der Waals surface area contributed by atoms with Crippen LogP contribution in [0, 0.1) is 0 Å². The summed E-state index contributed by atoms with van der Waals surface area (Å²) in [6.07, 6.45) is 7.03. The van der Waals surface area contributed by atoms with Crippen LogP contribution >= 0.6 is 23.4 Å². The molecule has 63 heavy (non-hydrogen) atoms. The molecule has 2 atom stereocenters. The number of halogens is 4. The van der Waals surface area contributed by atoms with Crippen LogP contribution in [-0.2, 0) is 19.9 Å². The summed E-state index contributed by atoms with van der Waals surface area (Å²) in [7, 11) is -10.9. The largest absolute Gasteiger partial charge is 0.501 e. The Labute approximate surface area is 378 Å². The molecule has 4 aromatic carbocycles. The molecule has 2 N–H and O–H groups in total. The first kappa shape index (κ1) is 46.9. The molecule has 2 saturated heterocycles. The van der Waals surface area contributed by atoms with Gasteiger partial charge in [0.2, 0.25) is 0 Å². The number of allylic oxidation sites excluding steroid dienone is 1. The molecule has 0 aromatic heterocycles. The maximum atomic E-state index is 14.2. The van der Waals surface area contributed by atoms with E-state index in [9.17, 15) is 34.8 Å². The quantitative estimate of drug-likeness (QED) is 0.105. The highest BCUT2D eigenvalue weighted by molar-refractivity contribution is 7.99. The van der Waals surface area contributed by atoms with Crippen molar-refractivity contribution in [1.82, 2.24) is 14.5 Å². The number of piperazine rings is 1. The molecule has 10 nitrogen and oxygen atoms in total. The minimum atomic E-state index is -6.04. The number of sulfonamides is 1. The van der Waals surface area contributed by atoms with Gasteiger partial charge < -0.3 is 15.1 Å². The highest BCUT2D eigenvalue weighted by Crippen LogP contribution is 2.37. The number of carbonyl (C=O) groups is 1. The van der Waals surface area contributed by atoms with Crippen LogP contribution in [0.1, 0.15) is 67.8 Å². The van der Waals surface area contributed by atoms with E-state index in [1.165, 1.54) is 53.4 Å². The Morgan fingerprint density at radius 3 is 2.22 bits per heavy atom. The molecule has 0 radical (unpaired) electrons. The van der Waals surface area contributed by atoms with Crippen LogP contribution < -0.4 is 14.9 Å². The lowest BCUT2D eigenvalue weighted by Crippen LogP contribution is -2.47. The zero-order valence-corrected chi connectivity index (χ0v) is 38.3. The van der Waals surface area contributed by atoms with Gasteiger partial charge in [-0.1, -0.05) is 47.5 Å². The standard InChI is InChI=1S/C46H53ClF3N5O5S3/c1-33-8-7-24-54(33)25-23-38(32-61-40-10-3-2-4-11-40)51-43-22-21-41(30-44(43)62(57,58)46(48,49)50)63(59,60)52-45(56)35-15-19-39(20-16-35)55-28-26-53(27-29-55)31-36-9-5-6-12-42(36)34-13-17-37(47)18-14-34/h2-4,10-11,13-22,30,33,38,51H,5-9,12,23-29,31-32H2,1H3,(H,52,56)/t33?,38-/m1/s1. The summed E-state index contributed by atoms with van der Waals surface area (Å²) < 4.78 is 97.6. The summed E-state index contributed by atoms with van der Waals surface area (Å²) in [5.74, 6) is -0.617. The number of nitrogens with one attached hydrogen (secondary N) is 2. The van der Waals surface area contributed by atoms with Crippen molar-refractivity contribution in [2.75, 3.05) is 61.8 Å². The minimum absolute atomic E-state index is 0.00688. The van der Waals surface area contributed by atoms with E-state index in [0.29, 0.717) is 30.8 Å². The first-order valence-corrected chi connectivity index (χ1v) is 25.7. The minimum Gasteiger partial charge on any atom is -0.380 e. The summed E-state index contributed by atoms with van der Waals surface area (Å²) in [5, 5.41) is 3.74. The predicted molar refractivity (Wildman–Crippen MR) is 246 cm³/mol. The molecule has 2 aliphatic heterocycles. The van der Waals surface area contributed by atoms with Crippen molar-refractivity contribution >= 4 is 66.1 Å². The van der Waals surface area contributed by atoms with Crippen LogP contribution in [0.3, 0.4) is 0 Å². The molecule has 4 aromatic rings. The summed E-state index contributed by atoms with van der Waals surface area (Å²) in [6.45, 7) is 7.72. The van der Waals surface area contributed by atoms with Crippen molar-refractivity contribution in [3.05, 3.63) is 119 Å². The van der Waals surface area contributed by atoms with Crippen LogP contribution in [0.5, 0.6) is 0 Å². The van der Waals surface area contributed by atoms with Gasteiger partial charge in [-0.25, -0.2) is 21.6 Å². The van der Waals surface area contributed by atoms with E-state index < -0.39 is 47.1 Å². The lowest BCUT2D eigenvalue weighted by Gasteiger charge is -2.37. The molecule has 17 heteroatoms. The molecule has 338 valence electrons. The van der Waals surface area contributed by atoms with Crippen LogP contribution in [0.15, 0.2) is 117 Å². The Balaban J connectivity index is 1.02. The topological polar surface area (TPSA) is 119 Å². The molecule has 0 bridgehead atoms. The fraction of sp³-hybridized carbons (Fsp3) is 0.413. The van der Waals surface area contributed by atoms with Gasteiger partial charge in [-0.15, -0.1) is 11.8 Å². The first-order chi connectivity index (χ1) is 30.1. The number of benzene rings is 4. The number of carbonyl (C=O) groups excluding carboxylic acids is 1. The van der Waals surface area contributed by atoms with E-state index >= 15 is 0 Å². The normalized spacial score (nSPS) is 18.7. The van der Waals surface area contributed by atoms with Crippen LogP contribution in [0.25, 0.3) is 5.57 Å². The van der Waals surface area contributed by atoms with E-state index in [1.54, 1.807) is 12.1 Å². The Kier molecular flexibility index (Phi) is 15.2. The van der Waals surface area contributed by atoms with Crippen molar-refractivity contribution in [2.45, 2.75) is 84.1 Å². The van der Waals surface area contributed by atoms with E-state index in [1.807, 2.05) is 47.2 Å². The number of amides is 1. The average molecular weight is 945 g/mol. The van der Waals surface area contributed by atoms with Gasteiger partial charge in [0, 0.05) is 78.3 Å². The van der Waals surface area contributed by atoms with Gasteiger partial charge in [-0.2, -0.15) is 13.2 Å². The SMILES string of the molecule is CC1CCCN1CC[C@H](CSc1ccccc1)Nc1ccc(S(=O)(=O)NC(=O)c2ccc(N3CCN(CC4=C(c5ccc(Cl)cc5)CCCC4)CC3)cc2)cc1S(=O)(=O)C(F)(F)F. The number of hydrogen-bond acceptors (Lipinski definition) is 10. The lowest BCUT2D eigenvalue weighted by molar-refractivity contribution is -0.0435. The Bertz CT molecular complexity index is 2470. The Hall–Kier alpha value is -4.06. The third kappa shape index (κ3) is 11.8.